The molecule has 0 unspecified atom stereocenters. The summed E-state index contributed by atoms with van der Waals surface area (Å²) in [7, 11) is 0. The second-order valence-electron chi connectivity index (χ2n) is 4.19. The standard InChI is InChI=1S/3C5H8O2.La/c3*1-4(6)3-5(2)7;/h3*3,6H,1-2H3;. The Hall–Kier alpha value is -1.18. The third-order valence-corrected chi connectivity index (χ3v) is 1.24. The molecule has 0 saturated heterocycles. The summed E-state index contributed by atoms with van der Waals surface area (Å²) in [5, 5.41) is 25.1. The van der Waals surface area contributed by atoms with Crippen LogP contribution in [0.2, 0.25) is 0 Å². The maximum absolute atomic E-state index is 10.0. The van der Waals surface area contributed by atoms with Gasteiger partial charge < -0.3 is 15.3 Å². The predicted octanol–water partition coefficient (Wildman–Crippen LogP) is 3.11. The van der Waals surface area contributed by atoms with Crippen LogP contribution in [0.25, 0.3) is 0 Å². The van der Waals surface area contributed by atoms with Gasteiger partial charge in [-0.2, -0.15) is 0 Å². The first-order chi connectivity index (χ1) is 9.38. The average molecular weight is 439 g/mol. The summed E-state index contributed by atoms with van der Waals surface area (Å²) in [6.45, 7) is 8.54. The monoisotopic (exact) mass is 439 g/mol. The zero-order valence-electron chi connectivity index (χ0n) is 13.9. The van der Waals surface area contributed by atoms with E-state index >= 15 is 0 Å². The number of aliphatic hydroxyl groups excluding tert-OH is 3. The van der Waals surface area contributed by atoms with Crippen molar-refractivity contribution in [2.24, 2.45) is 0 Å². The minimum atomic E-state index is -0.125. The smallest absolute Gasteiger partial charge is 0.155 e. The van der Waals surface area contributed by atoms with Crippen LogP contribution in [-0.2, 0) is 14.4 Å². The number of ketones is 3. The van der Waals surface area contributed by atoms with Gasteiger partial charge >= 0.3 is 0 Å². The van der Waals surface area contributed by atoms with Gasteiger partial charge in [0.05, 0.1) is 17.3 Å². The molecule has 0 aromatic heterocycles. The maximum atomic E-state index is 10.0. The predicted molar refractivity (Wildman–Crippen MR) is 81.2 cm³/mol. The Morgan fingerprint density at radius 3 is 0.682 bits per heavy atom. The maximum Gasteiger partial charge on any atom is 0.155 e. The van der Waals surface area contributed by atoms with Gasteiger partial charge in [0.15, 0.2) is 17.3 Å². The normalized spacial score (nSPS) is 10.9. The summed E-state index contributed by atoms with van der Waals surface area (Å²) in [5.41, 5.74) is 0. The molecule has 0 spiro atoms. The van der Waals surface area contributed by atoms with Crippen LogP contribution in [0.1, 0.15) is 41.5 Å². The topological polar surface area (TPSA) is 112 Å². The molecule has 0 rings (SSSR count). The van der Waals surface area contributed by atoms with E-state index in [1.165, 1.54) is 59.8 Å². The van der Waals surface area contributed by atoms with Gasteiger partial charge in [-0.1, -0.05) is 0 Å². The first-order valence-electron chi connectivity index (χ1n) is 6.02. The van der Waals surface area contributed by atoms with Crippen LogP contribution in [-0.4, -0.2) is 32.7 Å². The molecule has 0 aliphatic carbocycles. The van der Waals surface area contributed by atoms with Gasteiger partial charge in [-0.15, -0.1) is 0 Å². The molecule has 0 aromatic carbocycles. The van der Waals surface area contributed by atoms with E-state index in [0.717, 1.165) is 0 Å². The molecule has 7 heteroatoms. The van der Waals surface area contributed by atoms with Crippen molar-refractivity contribution >= 4 is 17.3 Å². The third kappa shape index (κ3) is 51.0. The molecular weight excluding hydrogens is 415 g/mol. The van der Waals surface area contributed by atoms with Crippen molar-refractivity contribution < 1.29 is 65.3 Å². The number of rotatable bonds is 3. The zero-order valence-corrected chi connectivity index (χ0v) is 17.5. The molecule has 3 N–H and O–H groups in total. The Bertz CT molecular complexity index is 368. The van der Waals surface area contributed by atoms with Crippen molar-refractivity contribution in [1.29, 1.82) is 0 Å². The van der Waals surface area contributed by atoms with Gasteiger partial charge in [0.1, 0.15) is 0 Å². The minimum absolute atomic E-state index is 0. The van der Waals surface area contributed by atoms with E-state index in [4.69, 9.17) is 15.3 Å². The number of allylic oxidation sites excluding steroid dienone is 6. The van der Waals surface area contributed by atoms with Crippen LogP contribution in [0.4, 0.5) is 0 Å². The number of carbonyl (C=O) groups excluding carboxylic acids is 3. The molecule has 0 amide bonds. The summed E-state index contributed by atoms with van der Waals surface area (Å²) >= 11 is 0. The summed E-state index contributed by atoms with van der Waals surface area (Å²) < 4.78 is 0. The molecule has 123 valence electrons. The second-order valence-corrected chi connectivity index (χ2v) is 4.19. The first-order valence-corrected chi connectivity index (χ1v) is 6.02. The van der Waals surface area contributed by atoms with Gasteiger partial charge in [0.25, 0.3) is 0 Å². The van der Waals surface area contributed by atoms with Crippen LogP contribution >= 0.6 is 0 Å². The van der Waals surface area contributed by atoms with E-state index in [9.17, 15) is 14.4 Å². The van der Waals surface area contributed by atoms with E-state index in [1.807, 2.05) is 0 Å². The van der Waals surface area contributed by atoms with Crippen LogP contribution < -0.4 is 0 Å². The van der Waals surface area contributed by atoms with Crippen LogP contribution in [0, 0.1) is 35.6 Å². The Labute approximate surface area is 159 Å². The molecule has 0 heterocycles. The molecule has 0 atom stereocenters. The van der Waals surface area contributed by atoms with E-state index in [2.05, 4.69) is 0 Å². The molecule has 6 nitrogen and oxygen atoms in total. The van der Waals surface area contributed by atoms with Crippen LogP contribution in [0.5, 0.6) is 0 Å². The molecule has 0 saturated carbocycles. The van der Waals surface area contributed by atoms with E-state index in [1.54, 1.807) is 0 Å². The van der Waals surface area contributed by atoms with Crippen molar-refractivity contribution in [3.63, 3.8) is 0 Å². The Balaban J connectivity index is -0.000000108. The van der Waals surface area contributed by atoms with Crippen molar-refractivity contribution in [1.82, 2.24) is 0 Å². The zero-order chi connectivity index (χ0) is 17.6. The van der Waals surface area contributed by atoms with Gasteiger partial charge in [0.2, 0.25) is 0 Å². The van der Waals surface area contributed by atoms with Crippen LogP contribution in [0.3, 0.4) is 0 Å². The summed E-state index contributed by atoms with van der Waals surface area (Å²) in [6, 6.07) is 0. The number of hydrogen-bond donors (Lipinski definition) is 3. The van der Waals surface area contributed by atoms with Crippen molar-refractivity contribution in [2.45, 2.75) is 41.5 Å². The quantitative estimate of drug-likeness (QED) is 0.460. The second kappa shape index (κ2) is 17.9. The summed E-state index contributed by atoms with van der Waals surface area (Å²) in [6.07, 6.45) is 3.50. The van der Waals surface area contributed by atoms with E-state index < -0.39 is 0 Å². The number of hydrogen-bond acceptors (Lipinski definition) is 6. The molecule has 0 aliphatic rings. The summed E-state index contributed by atoms with van der Waals surface area (Å²) in [4.78, 5) is 30.1. The molecule has 22 heavy (non-hydrogen) atoms. The first kappa shape index (κ1) is 28.9. The molecule has 0 aliphatic heterocycles. The molecule has 1 radical (unpaired) electrons. The summed E-state index contributed by atoms with van der Waals surface area (Å²) in [5.74, 6) is -0.187. The van der Waals surface area contributed by atoms with Crippen molar-refractivity contribution in [2.75, 3.05) is 0 Å². The molecule has 0 bridgehead atoms. The molecule has 0 aromatic rings. The fourth-order valence-electron chi connectivity index (χ4n) is 0.882. The SMILES string of the molecule is CC(=O)C=C(C)O.CC(=O)C=C(C)O.CC(=O)C=C(C)O.[La]. The third-order valence-electron chi connectivity index (χ3n) is 1.24. The fourth-order valence-corrected chi connectivity index (χ4v) is 0.882. The van der Waals surface area contributed by atoms with Gasteiger partial charge in [0, 0.05) is 53.8 Å². The van der Waals surface area contributed by atoms with Gasteiger partial charge in [-0.3, -0.25) is 14.4 Å². The van der Waals surface area contributed by atoms with E-state index in [0.29, 0.717) is 0 Å². The number of carbonyl (C=O) groups is 3. The van der Waals surface area contributed by atoms with Gasteiger partial charge in [-0.25, -0.2) is 0 Å². The fraction of sp³-hybridized carbons (Fsp3) is 0.400. The Kier molecular flexibility index (Phi) is 23.5. The van der Waals surface area contributed by atoms with E-state index in [-0.39, 0.29) is 70.2 Å². The average Bonchev–Trinajstić information content (AvgIpc) is 2.10. The van der Waals surface area contributed by atoms with Crippen molar-refractivity contribution in [3.8, 4) is 0 Å². The number of aliphatic hydroxyl groups is 3. The Morgan fingerprint density at radius 1 is 0.545 bits per heavy atom. The largest absolute Gasteiger partial charge is 0.512 e. The van der Waals surface area contributed by atoms with Crippen molar-refractivity contribution in [3.05, 3.63) is 35.5 Å². The van der Waals surface area contributed by atoms with Gasteiger partial charge in [-0.05, 0) is 41.5 Å². The molecular formula is C15H24LaO6. The Morgan fingerprint density at radius 2 is 0.682 bits per heavy atom. The minimum Gasteiger partial charge on any atom is -0.512 e. The molecule has 0 fully saturated rings. The van der Waals surface area contributed by atoms with Crippen LogP contribution in [0.15, 0.2) is 35.5 Å².